The molecule has 0 spiro atoms. The van der Waals surface area contributed by atoms with E-state index >= 15 is 0 Å². The summed E-state index contributed by atoms with van der Waals surface area (Å²) < 4.78 is 5.95. The molecule has 156 valence electrons. The molecule has 1 heterocycles. The van der Waals surface area contributed by atoms with Gasteiger partial charge in [-0.05, 0) is 86.1 Å². The van der Waals surface area contributed by atoms with Crippen molar-refractivity contribution in [1.82, 2.24) is 9.97 Å². The molecule has 0 bridgehead atoms. The number of hydrogen-bond donors (Lipinski definition) is 0. The SMILES string of the molecule is CCCCCCCCc1cnc(-c2ccc(OCC[C@@H]3C[C@H]3C3CC3)cc2)nc1. The van der Waals surface area contributed by atoms with Crippen LogP contribution in [0.3, 0.4) is 0 Å². The summed E-state index contributed by atoms with van der Waals surface area (Å²) in [7, 11) is 0. The van der Waals surface area contributed by atoms with Gasteiger partial charge in [-0.1, -0.05) is 39.0 Å². The largest absolute Gasteiger partial charge is 0.494 e. The Morgan fingerprint density at radius 2 is 1.66 bits per heavy atom. The van der Waals surface area contributed by atoms with Gasteiger partial charge in [0.1, 0.15) is 5.75 Å². The molecule has 1 aromatic carbocycles. The predicted octanol–water partition coefficient (Wildman–Crippen LogP) is 6.86. The van der Waals surface area contributed by atoms with Crippen LogP contribution in [0.25, 0.3) is 11.4 Å². The summed E-state index contributed by atoms with van der Waals surface area (Å²) in [5.41, 5.74) is 2.30. The van der Waals surface area contributed by atoms with Crippen LogP contribution in [-0.2, 0) is 6.42 Å². The molecule has 0 N–H and O–H groups in total. The van der Waals surface area contributed by atoms with Crippen LogP contribution in [0, 0.1) is 17.8 Å². The molecule has 0 saturated heterocycles. The first kappa shape index (κ1) is 20.4. The van der Waals surface area contributed by atoms with Gasteiger partial charge in [-0.25, -0.2) is 9.97 Å². The zero-order chi connectivity index (χ0) is 19.9. The third-order valence-corrected chi connectivity index (χ3v) is 6.60. The lowest BCUT2D eigenvalue weighted by molar-refractivity contribution is 0.297. The van der Waals surface area contributed by atoms with Crippen molar-refractivity contribution in [3.63, 3.8) is 0 Å². The van der Waals surface area contributed by atoms with Crippen molar-refractivity contribution in [1.29, 1.82) is 0 Å². The highest BCUT2D eigenvalue weighted by Crippen LogP contribution is 2.55. The number of aromatic nitrogens is 2. The van der Waals surface area contributed by atoms with E-state index in [4.69, 9.17) is 4.74 Å². The van der Waals surface area contributed by atoms with Crippen LogP contribution in [0.4, 0.5) is 0 Å². The van der Waals surface area contributed by atoms with E-state index in [-0.39, 0.29) is 0 Å². The minimum atomic E-state index is 0.800. The third-order valence-electron chi connectivity index (χ3n) is 6.60. The van der Waals surface area contributed by atoms with Crippen LogP contribution in [0.15, 0.2) is 36.7 Å². The zero-order valence-electron chi connectivity index (χ0n) is 18.0. The molecule has 2 fully saturated rings. The molecule has 2 aliphatic rings. The molecule has 29 heavy (non-hydrogen) atoms. The predicted molar refractivity (Wildman–Crippen MR) is 119 cm³/mol. The number of aryl methyl sites for hydroxylation is 1. The highest BCUT2D eigenvalue weighted by atomic mass is 16.5. The van der Waals surface area contributed by atoms with Crippen LogP contribution >= 0.6 is 0 Å². The number of rotatable bonds is 13. The van der Waals surface area contributed by atoms with Crippen molar-refractivity contribution in [2.75, 3.05) is 6.61 Å². The zero-order valence-corrected chi connectivity index (χ0v) is 18.0. The van der Waals surface area contributed by atoms with Crippen molar-refractivity contribution in [2.24, 2.45) is 17.8 Å². The Hall–Kier alpha value is -1.90. The molecular weight excluding hydrogens is 356 g/mol. The van der Waals surface area contributed by atoms with Gasteiger partial charge in [-0.3, -0.25) is 0 Å². The first-order valence-corrected chi connectivity index (χ1v) is 11.9. The summed E-state index contributed by atoms with van der Waals surface area (Å²) in [5, 5.41) is 0. The second kappa shape index (κ2) is 10.2. The molecular formula is C26H36N2O. The molecule has 0 unspecified atom stereocenters. The number of nitrogens with zero attached hydrogens (tertiary/aromatic N) is 2. The van der Waals surface area contributed by atoms with E-state index in [1.165, 1.54) is 69.8 Å². The molecule has 2 atom stereocenters. The number of hydrogen-bond acceptors (Lipinski definition) is 3. The Bertz CT molecular complexity index is 736. The standard InChI is InChI=1S/C26H36N2O/c1-2-3-4-5-6-7-8-20-18-27-26(28-19-20)22-11-13-24(14-12-22)29-16-15-23-17-25(23)21-9-10-21/h11-14,18-19,21,23,25H,2-10,15-17H2,1H3/t23-,25+/m1/s1. The van der Waals surface area contributed by atoms with Gasteiger partial charge in [0.15, 0.2) is 5.82 Å². The lowest BCUT2D eigenvalue weighted by Crippen LogP contribution is -2.00. The molecule has 2 aromatic rings. The van der Waals surface area contributed by atoms with Crippen molar-refractivity contribution < 1.29 is 4.74 Å². The maximum absolute atomic E-state index is 5.95. The van der Waals surface area contributed by atoms with Gasteiger partial charge in [0.05, 0.1) is 6.61 Å². The molecule has 3 nitrogen and oxygen atoms in total. The molecule has 3 heteroatoms. The molecule has 2 aliphatic carbocycles. The number of ether oxygens (including phenoxy) is 1. The highest BCUT2D eigenvalue weighted by Gasteiger charge is 2.46. The van der Waals surface area contributed by atoms with E-state index in [9.17, 15) is 0 Å². The maximum Gasteiger partial charge on any atom is 0.159 e. The molecule has 0 radical (unpaired) electrons. The van der Waals surface area contributed by atoms with Crippen LogP contribution in [0.2, 0.25) is 0 Å². The van der Waals surface area contributed by atoms with E-state index in [0.29, 0.717) is 0 Å². The fourth-order valence-corrected chi connectivity index (χ4v) is 4.48. The van der Waals surface area contributed by atoms with Crippen molar-refractivity contribution in [3.05, 3.63) is 42.2 Å². The Kier molecular flexibility index (Phi) is 7.18. The summed E-state index contributed by atoms with van der Waals surface area (Å²) in [4.78, 5) is 9.16. The molecule has 2 saturated carbocycles. The highest BCUT2D eigenvalue weighted by molar-refractivity contribution is 5.55. The summed E-state index contributed by atoms with van der Waals surface area (Å²) in [6.07, 6.45) is 18.6. The van der Waals surface area contributed by atoms with Crippen molar-refractivity contribution in [3.8, 4) is 17.1 Å². The van der Waals surface area contributed by atoms with Gasteiger partial charge in [0.2, 0.25) is 0 Å². The normalized spacial score (nSPS) is 20.6. The Labute approximate surface area is 176 Å². The summed E-state index contributed by atoms with van der Waals surface area (Å²) in [6.45, 7) is 3.11. The van der Waals surface area contributed by atoms with Gasteiger partial charge >= 0.3 is 0 Å². The monoisotopic (exact) mass is 392 g/mol. The van der Waals surface area contributed by atoms with Crippen LogP contribution in [0.5, 0.6) is 5.75 Å². The van der Waals surface area contributed by atoms with E-state index < -0.39 is 0 Å². The summed E-state index contributed by atoms with van der Waals surface area (Å²) >= 11 is 0. The summed E-state index contributed by atoms with van der Waals surface area (Å²) in [5.74, 6) is 4.79. The maximum atomic E-state index is 5.95. The molecule has 0 aliphatic heterocycles. The minimum absolute atomic E-state index is 0.800. The first-order valence-electron chi connectivity index (χ1n) is 11.9. The Balaban J connectivity index is 1.17. The van der Waals surface area contributed by atoms with Crippen LogP contribution in [-0.4, -0.2) is 16.6 Å². The summed E-state index contributed by atoms with van der Waals surface area (Å²) in [6, 6.07) is 8.24. The van der Waals surface area contributed by atoms with Gasteiger partial charge < -0.3 is 4.74 Å². The van der Waals surface area contributed by atoms with Gasteiger partial charge in [0.25, 0.3) is 0 Å². The van der Waals surface area contributed by atoms with E-state index in [0.717, 1.165) is 47.9 Å². The topological polar surface area (TPSA) is 35.0 Å². The molecule has 0 amide bonds. The molecule has 1 aromatic heterocycles. The van der Waals surface area contributed by atoms with Crippen LogP contribution in [0.1, 0.15) is 76.7 Å². The lowest BCUT2D eigenvalue weighted by atomic mass is 10.1. The van der Waals surface area contributed by atoms with Crippen molar-refractivity contribution >= 4 is 0 Å². The van der Waals surface area contributed by atoms with Gasteiger partial charge in [-0.2, -0.15) is 0 Å². The van der Waals surface area contributed by atoms with E-state index in [2.05, 4.69) is 29.0 Å². The average Bonchev–Trinajstić information content (AvgIpc) is 3.66. The average molecular weight is 393 g/mol. The number of benzene rings is 1. The Morgan fingerprint density at radius 3 is 2.38 bits per heavy atom. The van der Waals surface area contributed by atoms with Crippen LogP contribution < -0.4 is 4.74 Å². The number of unbranched alkanes of at least 4 members (excludes halogenated alkanes) is 5. The molecule has 4 rings (SSSR count). The second-order valence-corrected chi connectivity index (χ2v) is 9.09. The van der Waals surface area contributed by atoms with Gasteiger partial charge in [0, 0.05) is 18.0 Å². The van der Waals surface area contributed by atoms with E-state index in [1.807, 2.05) is 24.5 Å². The fourth-order valence-electron chi connectivity index (χ4n) is 4.48. The second-order valence-electron chi connectivity index (χ2n) is 9.09. The van der Waals surface area contributed by atoms with E-state index in [1.54, 1.807) is 0 Å². The smallest absolute Gasteiger partial charge is 0.159 e. The minimum Gasteiger partial charge on any atom is -0.494 e. The lowest BCUT2D eigenvalue weighted by Gasteiger charge is -2.07. The van der Waals surface area contributed by atoms with Crippen molar-refractivity contribution in [2.45, 2.75) is 77.6 Å². The Morgan fingerprint density at radius 1 is 0.931 bits per heavy atom. The fraction of sp³-hybridized carbons (Fsp3) is 0.615. The first-order chi connectivity index (χ1) is 14.3. The quantitative estimate of drug-likeness (QED) is 0.349. The van der Waals surface area contributed by atoms with Gasteiger partial charge in [-0.15, -0.1) is 0 Å². The third kappa shape index (κ3) is 6.29.